The van der Waals surface area contributed by atoms with Crippen LogP contribution >= 0.6 is 0 Å². The van der Waals surface area contributed by atoms with Crippen molar-refractivity contribution < 1.29 is 23.9 Å². The summed E-state index contributed by atoms with van der Waals surface area (Å²) in [5.74, 6) is -1.06. The average Bonchev–Trinajstić information content (AvgIpc) is 3.21. The highest BCUT2D eigenvalue weighted by Crippen LogP contribution is 2.38. The Bertz CT molecular complexity index is 569. The van der Waals surface area contributed by atoms with Gasteiger partial charge in [-0.3, -0.25) is 19.7 Å². The summed E-state index contributed by atoms with van der Waals surface area (Å²) >= 11 is 0. The molecule has 0 aliphatic heterocycles. The van der Waals surface area contributed by atoms with Crippen LogP contribution in [-0.4, -0.2) is 31.5 Å². The van der Waals surface area contributed by atoms with Gasteiger partial charge >= 0.3 is 5.97 Å². The third kappa shape index (κ3) is 3.81. The summed E-state index contributed by atoms with van der Waals surface area (Å²) in [4.78, 5) is 35.0. The molecule has 0 saturated heterocycles. The molecule has 0 heterocycles. The van der Waals surface area contributed by atoms with Crippen LogP contribution in [0, 0.1) is 11.8 Å². The lowest BCUT2D eigenvalue weighted by molar-refractivity contribution is -0.149. The molecule has 1 saturated carbocycles. The molecule has 6 nitrogen and oxygen atoms in total. The van der Waals surface area contributed by atoms with Gasteiger partial charge in [-0.15, -0.1) is 0 Å². The first kappa shape index (κ1) is 15.0. The lowest BCUT2D eigenvalue weighted by Gasteiger charge is -2.08. The minimum atomic E-state index is -0.660. The third-order valence-electron chi connectivity index (χ3n) is 3.36. The molecule has 1 N–H and O–H groups in total. The maximum Gasteiger partial charge on any atom is 0.309 e. The first-order valence-electron chi connectivity index (χ1n) is 6.66. The SMILES string of the molecule is COc1ccccc1C(=O)NC(=O)COC(=O)[C@H]1C[C@@H]1C. The number of nitrogens with one attached hydrogen (secondary N) is 1. The first-order chi connectivity index (χ1) is 10.0. The van der Waals surface area contributed by atoms with E-state index in [1.54, 1.807) is 24.3 Å². The molecular weight excluding hydrogens is 274 g/mol. The van der Waals surface area contributed by atoms with Gasteiger partial charge in [0.25, 0.3) is 11.8 Å². The van der Waals surface area contributed by atoms with E-state index in [9.17, 15) is 14.4 Å². The van der Waals surface area contributed by atoms with E-state index in [2.05, 4.69) is 5.32 Å². The number of carbonyl (C=O) groups excluding carboxylic acids is 3. The Morgan fingerprint density at radius 3 is 2.57 bits per heavy atom. The van der Waals surface area contributed by atoms with Crippen LogP contribution < -0.4 is 10.1 Å². The van der Waals surface area contributed by atoms with E-state index in [0.717, 1.165) is 6.42 Å². The van der Waals surface area contributed by atoms with Crippen LogP contribution in [-0.2, 0) is 14.3 Å². The molecule has 0 radical (unpaired) electrons. The number of ether oxygens (including phenoxy) is 2. The zero-order chi connectivity index (χ0) is 15.4. The fraction of sp³-hybridized carbons (Fsp3) is 0.400. The van der Waals surface area contributed by atoms with Gasteiger partial charge < -0.3 is 9.47 Å². The van der Waals surface area contributed by atoms with E-state index in [-0.39, 0.29) is 17.5 Å². The first-order valence-corrected chi connectivity index (χ1v) is 6.66. The summed E-state index contributed by atoms with van der Waals surface area (Å²) in [6.07, 6.45) is 0.792. The van der Waals surface area contributed by atoms with Crippen molar-refractivity contribution in [3.8, 4) is 5.75 Å². The highest BCUT2D eigenvalue weighted by Gasteiger charge is 2.40. The number of hydrogen-bond donors (Lipinski definition) is 1. The Morgan fingerprint density at radius 2 is 1.95 bits per heavy atom. The molecule has 6 heteroatoms. The topological polar surface area (TPSA) is 81.7 Å². The highest BCUT2D eigenvalue weighted by atomic mass is 16.5. The third-order valence-corrected chi connectivity index (χ3v) is 3.36. The molecule has 2 atom stereocenters. The molecule has 1 aromatic carbocycles. The summed E-state index contributed by atoms with van der Waals surface area (Å²) in [5, 5.41) is 2.16. The number of carbonyl (C=O) groups is 3. The van der Waals surface area contributed by atoms with Gasteiger partial charge in [-0.05, 0) is 24.5 Å². The zero-order valence-electron chi connectivity index (χ0n) is 11.9. The van der Waals surface area contributed by atoms with E-state index in [4.69, 9.17) is 9.47 Å². The summed E-state index contributed by atoms with van der Waals surface area (Å²) < 4.78 is 9.90. The predicted octanol–water partition coefficient (Wildman–Crippen LogP) is 1.15. The van der Waals surface area contributed by atoms with Crippen LogP contribution in [0.1, 0.15) is 23.7 Å². The van der Waals surface area contributed by atoms with Crippen molar-refractivity contribution in [3.05, 3.63) is 29.8 Å². The molecule has 1 aliphatic rings. The van der Waals surface area contributed by atoms with Crippen LogP contribution in [0.4, 0.5) is 0 Å². The lowest BCUT2D eigenvalue weighted by atomic mass is 10.2. The van der Waals surface area contributed by atoms with Crippen molar-refractivity contribution in [3.63, 3.8) is 0 Å². The van der Waals surface area contributed by atoms with Gasteiger partial charge in [0.15, 0.2) is 6.61 Å². The summed E-state index contributed by atoms with van der Waals surface area (Å²) in [5.41, 5.74) is 0.246. The second kappa shape index (κ2) is 6.39. The van der Waals surface area contributed by atoms with Crippen molar-refractivity contribution in [1.29, 1.82) is 0 Å². The van der Waals surface area contributed by atoms with Crippen LogP contribution in [0.15, 0.2) is 24.3 Å². The van der Waals surface area contributed by atoms with Gasteiger partial charge in [-0.25, -0.2) is 0 Å². The Morgan fingerprint density at radius 1 is 1.29 bits per heavy atom. The summed E-state index contributed by atoms with van der Waals surface area (Å²) in [6.45, 7) is 1.49. The minimum Gasteiger partial charge on any atom is -0.496 e. The molecule has 2 rings (SSSR count). The highest BCUT2D eigenvalue weighted by molar-refractivity contribution is 6.06. The van der Waals surface area contributed by atoms with Crippen LogP contribution in [0.2, 0.25) is 0 Å². The molecular formula is C15H17NO5. The van der Waals surface area contributed by atoms with Crippen molar-refractivity contribution in [1.82, 2.24) is 5.32 Å². The van der Waals surface area contributed by atoms with Gasteiger partial charge in [0.05, 0.1) is 18.6 Å². The maximum atomic E-state index is 11.9. The monoisotopic (exact) mass is 291 g/mol. The predicted molar refractivity (Wildman–Crippen MR) is 73.7 cm³/mol. The Labute approximate surface area is 122 Å². The van der Waals surface area contributed by atoms with Crippen LogP contribution in [0.5, 0.6) is 5.75 Å². The minimum absolute atomic E-state index is 0.109. The zero-order valence-corrected chi connectivity index (χ0v) is 11.9. The molecule has 0 aromatic heterocycles. The fourth-order valence-corrected chi connectivity index (χ4v) is 1.96. The second-order valence-electron chi connectivity index (χ2n) is 5.00. The molecule has 0 bridgehead atoms. The Hall–Kier alpha value is -2.37. The standard InChI is InChI=1S/C15H17NO5/c1-9-7-11(9)15(19)21-8-13(17)16-14(18)10-5-3-4-6-12(10)20-2/h3-6,9,11H,7-8H2,1-2H3,(H,16,17,18)/t9-,11-/m0/s1. The van der Waals surface area contributed by atoms with Crippen LogP contribution in [0.25, 0.3) is 0 Å². The molecule has 2 amide bonds. The number of amides is 2. The van der Waals surface area contributed by atoms with E-state index < -0.39 is 18.4 Å². The summed E-state index contributed by atoms with van der Waals surface area (Å²) in [7, 11) is 1.44. The fourth-order valence-electron chi connectivity index (χ4n) is 1.96. The maximum absolute atomic E-state index is 11.9. The number of esters is 1. The van der Waals surface area contributed by atoms with E-state index in [1.807, 2.05) is 6.92 Å². The van der Waals surface area contributed by atoms with E-state index in [1.165, 1.54) is 7.11 Å². The molecule has 1 aromatic rings. The Kier molecular flexibility index (Phi) is 4.57. The van der Waals surface area contributed by atoms with Gasteiger partial charge in [-0.1, -0.05) is 19.1 Å². The Balaban J connectivity index is 1.84. The number of para-hydroxylation sites is 1. The molecule has 1 fully saturated rings. The van der Waals surface area contributed by atoms with E-state index in [0.29, 0.717) is 11.7 Å². The number of methoxy groups -OCH3 is 1. The van der Waals surface area contributed by atoms with Crippen LogP contribution in [0.3, 0.4) is 0 Å². The van der Waals surface area contributed by atoms with Gasteiger partial charge in [0.1, 0.15) is 5.75 Å². The van der Waals surface area contributed by atoms with Crippen molar-refractivity contribution in [2.45, 2.75) is 13.3 Å². The molecule has 21 heavy (non-hydrogen) atoms. The normalized spacial score (nSPS) is 19.5. The number of benzene rings is 1. The number of rotatable bonds is 5. The average molecular weight is 291 g/mol. The number of hydrogen-bond acceptors (Lipinski definition) is 5. The summed E-state index contributed by atoms with van der Waals surface area (Å²) in [6, 6.07) is 6.54. The van der Waals surface area contributed by atoms with Crippen molar-refractivity contribution in [2.75, 3.05) is 13.7 Å². The quantitative estimate of drug-likeness (QED) is 0.823. The molecule has 0 unspecified atom stereocenters. The van der Waals surface area contributed by atoms with Crippen molar-refractivity contribution >= 4 is 17.8 Å². The second-order valence-corrected chi connectivity index (χ2v) is 5.00. The smallest absolute Gasteiger partial charge is 0.309 e. The molecule has 1 aliphatic carbocycles. The number of imide groups is 1. The molecule has 0 spiro atoms. The van der Waals surface area contributed by atoms with E-state index >= 15 is 0 Å². The van der Waals surface area contributed by atoms with Crippen molar-refractivity contribution in [2.24, 2.45) is 11.8 Å². The molecule has 112 valence electrons. The van der Waals surface area contributed by atoms with Gasteiger partial charge in [0.2, 0.25) is 0 Å². The van der Waals surface area contributed by atoms with Gasteiger partial charge in [-0.2, -0.15) is 0 Å². The van der Waals surface area contributed by atoms with Gasteiger partial charge in [0, 0.05) is 0 Å². The lowest BCUT2D eigenvalue weighted by Crippen LogP contribution is -2.34. The largest absolute Gasteiger partial charge is 0.496 e.